The Morgan fingerprint density at radius 2 is 2.29 bits per heavy atom. The predicted molar refractivity (Wildman–Crippen MR) is 67.7 cm³/mol. The number of fused-ring (bicyclic) bond motifs is 1. The number of rotatable bonds is 4. The van der Waals surface area contributed by atoms with E-state index in [2.05, 4.69) is 10.6 Å². The molecule has 94 valence electrons. The van der Waals surface area contributed by atoms with Gasteiger partial charge in [0.05, 0.1) is 12.8 Å². The second-order valence-corrected chi connectivity index (χ2v) is 5.46. The molecule has 0 aromatic carbocycles. The lowest BCUT2D eigenvalue weighted by molar-refractivity contribution is 0.325. The van der Waals surface area contributed by atoms with Gasteiger partial charge < -0.3 is 15.1 Å². The van der Waals surface area contributed by atoms with E-state index in [0.717, 1.165) is 30.8 Å². The van der Waals surface area contributed by atoms with Crippen LogP contribution >= 0.6 is 0 Å². The Morgan fingerprint density at radius 1 is 1.35 bits per heavy atom. The fourth-order valence-electron chi connectivity index (χ4n) is 3.37. The molecule has 2 aliphatic rings. The molecule has 0 spiro atoms. The molecule has 2 heterocycles. The van der Waals surface area contributed by atoms with Crippen LogP contribution in [0.2, 0.25) is 0 Å². The van der Waals surface area contributed by atoms with Gasteiger partial charge in [-0.15, -0.1) is 0 Å². The highest BCUT2D eigenvalue weighted by atomic mass is 16.3. The van der Waals surface area contributed by atoms with Crippen molar-refractivity contribution in [1.29, 1.82) is 0 Å². The quantitative estimate of drug-likeness (QED) is 0.839. The molecule has 0 bridgehead atoms. The first-order valence-corrected chi connectivity index (χ1v) is 6.91. The van der Waals surface area contributed by atoms with Crippen LogP contribution in [0.5, 0.6) is 0 Å². The Hall–Kier alpha value is -0.800. The van der Waals surface area contributed by atoms with Gasteiger partial charge in [0.2, 0.25) is 0 Å². The molecule has 2 N–H and O–H groups in total. The molecule has 3 heteroatoms. The van der Waals surface area contributed by atoms with Crippen molar-refractivity contribution in [2.75, 3.05) is 6.54 Å². The fraction of sp³-hybridized carbons (Fsp3) is 0.714. The Bertz CT molecular complexity index is 322. The molecular formula is C14H22N2O. The highest BCUT2D eigenvalue weighted by Crippen LogP contribution is 2.32. The highest BCUT2D eigenvalue weighted by Gasteiger charge is 2.34. The van der Waals surface area contributed by atoms with Crippen LogP contribution in [-0.4, -0.2) is 18.6 Å². The van der Waals surface area contributed by atoms with Gasteiger partial charge in [0.25, 0.3) is 0 Å². The van der Waals surface area contributed by atoms with Gasteiger partial charge in [0.1, 0.15) is 5.76 Å². The SMILES string of the molecule is c1coc(CNCC2CC3CCCCC3N2)c1. The third-order valence-corrected chi connectivity index (χ3v) is 4.22. The van der Waals surface area contributed by atoms with Crippen LogP contribution in [0.3, 0.4) is 0 Å². The van der Waals surface area contributed by atoms with Crippen molar-refractivity contribution in [3.05, 3.63) is 24.2 Å². The van der Waals surface area contributed by atoms with Gasteiger partial charge in [-0.05, 0) is 37.3 Å². The van der Waals surface area contributed by atoms with Crippen molar-refractivity contribution in [3.63, 3.8) is 0 Å². The molecule has 1 aliphatic heterocycles. The fourth-order valence-corrected chi connectivity index (χ4v) is 3.37. The average Bonchev–Trinajstić information content (AvgIpc) is 2.96. The molecule has 3 rings (SSSR count). The zero-order chi connectivity index (χ0) is 11.5. The Morgan fingerprint density at radius 3 is 3.12 bits per heavy atom. The summed E-state index contributed by atoms with van der Waals surface area (Å²) < 4.78 is 5.31. The van der Waals surface area contributed by atoms with Crippen LogP contribution in [-0.2, 0) is 6.54 Å². The largest absolute Gasteiger partial charge is 0.468 e. The third kappa shape index (κ3) is 2.72. The first-order valence-electron chi connectivity index (χ1n) is 6.91. The highest BCUT2D eigenvalue weighted by molar-refractivity contribution is 4.98. The van der Waals surface area contributed by atoms with E-state index in [0.29, 0.717) is 6.04 Å². The molecular weight excluding hydrogens is 212 g/mol. The average molecular weight is 234 g/mol. The minimum atomic E-state index is 0.665. The Balaban J connectivity index is 1.41. The second kappa shape index (κ2) is 5.23. The first kappa shape index (κ1) is 11.3. The molecule has 1 aromatic rings. The predicted octanol–water partition coefficient (Wildman–Crippen LogP) is 2.29. The van der Waals surface area contributed by atoms with Crippen molar-refractivity contribution >= 4 is 0 Å². The summed E-state index contributed by atoms with van der Waals surface area (Å²) in [5.41, 5.74) is 0. The standard InChI is InChI=1S/C14H22N2O/c1-2-6-14-11(4-1)8-12(16-14)9-15-10-13-5-3-7-17-13/h3,5,7,11-12,14-16H,1-2,4,6,8-10H2. The summed E-state index contributed by atoms with van der Waals surface area (Å²) in [6.45, 7) is 1.91. The van der Waals surface area contributed by atoms with E-state index in [4.69, 9.17) is 4.42 Å². The van der Waals surface area contributed by atoms with Crippen LogP contribution in [0.4, 0.5) is 0 Å². The van der Waals surface area contributed by atoms with Crippen LogP contribution < -0.4 is 10.6 Å². The summed E-state index contributed by atoms with van der Waals surface area (Å²) in [6.07, 6.45) is 8.77. The zero-order valence-electron chi connectivity index (χ0n) is 10.3. The molecule has 3 atom stereocenters. The topological polar surface area (TPSA) is 37.2 Å². The van der Waals surface area contributed by atoms with Gasteiger partial charge in [-0.3, -0.25) is 0 Å². The maximum Gasteiger partial charge on any atom is 0.117 e. The second-order valence-electron chi connectivity index (χ2n) is 5.46. The molecule has 1 saturated carbocycles. The summed E-state index contributed by atoms with van der Waals surface area (Å²) in [7, 11) is 0. The lowest BCUT2D eigenvalue weighted by atomic mass is 9.85. The van der Waals surface area contributed by atoms with Crippen LogP contribution in [0, 0.1) is 5.92 Å². The van der Waals surface area contributed by atoms with Crippen molar-refractivity contribution in [2.45, 2.75) is 50.7 Å². The minimum absolute atomic E-state index is 0.665. The van der Waals surface area contributed by atoms with E-state index in [1.165, 1.54) is 32.1 Å². The van der Waals surface area contributed by atoms with E-state index in [1.54, 1.807) is 6.26 Å². The van der Waals surface area contributed by atoms with Gasteiger partial charge in [0, 0.05) is 18.6 Å². The summed E-state index contributed by atoms with van der Waals surface area (Å²) in [4.78, 5) is 0. The Labute approximate surface area is 103 Å². The number of nitrogens with one attached hydrogen (secondary N) is 2. The molecule has 1 saturated heterocycles. The lowest BCUT2D eigenvalue weighted by Crippen LogP contribution is -2.38. The van der Waals surface area contributed by atoms with Gasteiger partial charge in [-0.1, -0.05) is 12.8 Å². The maximum atomic E-state index is 5.31. The van der Waals surface area contributed by atoms with E-state index >= 15 is 0 Å². The van der Waals surface area contributed by atoms with Gasteiger partial charge in [-0.25, -0.2) is 0 Å². The number of furan rings is 1. The smallest absolute Gasteiger partial charge is 0.117 e. The van der Waals surface area contributed by atoms with Crippen molar-refractivity contribution in [2.24, 2.45) is 5.92 Å². The van der Waals surface area contributed by atoms with E-state index in [9.17, 15) is 0 Å². The first-order chi connectivity index (χ1) is 8.42. The molecule has 1 aliphatic carbocycles. The van der Waals surface area contributed by atoms with Gasteiger partial charge in [0.15, 0.2) is 0 Å². The molecule has 1 aromatic heterocycles. The maximum absolute atomic E-state index is 5.31. The molecule has 17 heavy (non-hydrogen) atoms. The normalized spacial score (nSPS) is 32.6. The van der Waals surface area contributed by atoms with Crippen molar-refractivity contribution in [1.82, 2.24) is 10.6 Å². The number of hydrogen-bond donors (Lipinski definition) is 2. The minimum Gasteiger partial charge on any atom is -0.468 e. The zero-order valence-corrected chi connectivity index (χ0v) is 10.3. The Kier molecular flexibility index (Phi) is 3.48. The summed E-state index contributed by atoms with van der Waals surface area (Å²) in [5, 5.41) is 7.26. The van der Waals surface area contributed by atoms with Crippen LogP contribution in [0.1, 0.15) is 37.9 Å². The summed E-state index contributed by atoms with van der Waals surface area (Å²) in [6, 6.07) is 5.44. The summed E-state index contributed by atoms with van der Waals surface area (Å²) >= 11 is 0. The molecule has 3 nitrogen and oxygen atoms in total. The van der Waals surface area contributed by atoms with Crippen LogP contribution in [0.15, 0.2) is 22.8 Å². The van der Waals surface area contributed by atoms with E-state index in [-0.39, 0.29) is 0 Å². The van der Waals surface area contributed by atoms with Gasteiger partial charge in [-0.2, -0.15) is 0 Å². The summed E-state index contributed by atoms with van der Waals surface area (Å²) in [5.74, 6) is 1.97. The molecule has 0 radical (unpaired) electrons. The van der Waals surface area contributed by atoms with E-state index < -0.39 is 0 Å². The monoisotopic (exact) mass is 234 g/mol. The molecule has 0 amide bonds. The molecule has 3 unspecified atom stereocenters. The molecule has 2 fully saturated rings. The van der Waals surface area contributed by atoms with Crippen molar-refractivity contribution in [3.8, 4) is 0 Å². The van der Waals surface area contributed by atoms with Crippen LogP contribution in [0.25, 0.3) is 0 Å². The lowest BCUT2D eigenvalue weighted by Gasteiger charge is -2.24. The van der Waals surface area contributed by atoms with Crippen molar-refractivity contribution < 1.29 is 4.42 Å². The number of hydrogen-bond acceptors (Lipinski definition) is 3. The third-order valence-electron chi connectivity index (χ3n) is 4.22. The van der Waals surface area contributed by atoms with E-state index in [1.807, 2.05) is 12.1 Å². The van der Waals surface area contributed by atoms with Gasteiger partial charge >= 0.3 is 0 Å².